The van der Waals surface area contributed by atoms with Gasteiger partial charge in [0.2, 0.25) is 10.0 Å². The Bertz CT molecular complexity index is 504. The van der Waals surface area contributed by atoms with Gasteiger partial charge in [0.25, 0.3) is 0 Å². The molecular weight excluding hydrogens is 334 g/mol. The highest BCUT2D eigenvalue weighted by Crippen LogP contribution is 2.20. The third-order valence-corrected chi connectivity index (χ3v) is 4.53. The van der Waals surface area contributed by atoms with Gasteiger partial charge < -0.3 is 9.84 Å². The van der Waals surface area contributed by atoms with Gasteiger partial charge >= 0.3 is 0 Å². The fourth-order valence-electron chi connectivity index (χ4n) is 1.49. The molecule has 2 N–H and O–H groups in total. The minimum Gasteiger partial charge on any atom is -0.394 e. The number of aliphatic hydroxyl groups excluding tert-OH is 1. The van der Waals surface area contributed by atoms with E-state index in [1.807, 2.05) is 0 Å². The van der Waals surface area contributed by atoms with Gasteiger partial charge in [-0.05, 0) is 31.0 Å². The Morgan fingerprint density at radius 1 is 1.37 bits per heavy atom. The van der Waals surface area contributed by atoms with Crippen molar-refractivity contribution < 1.29 is 18.3 Å². The van der Waals surface area contributed by atoms with Crippen molar-refractivity contribution in [3.05, 3.63) is 28.2 Å². The maximum atomic E-state index is 12.1. The van der Waals surface area contributed by atoms with Gasteiger partial charge in [-0.2, -0.15) is 0 Å². The average Bonchev–Trinajstić information content (AvgIpc) is 2.36. The number of sulfonamides is 1. The molecule has 0 fully saturated rings. The van der Waals surface area contributed by atoms with Gasteiger partial charge in [0.15, 0.2) is 0 Å². The third kappa shape index (κ3) is 5.58. The monoisotopic (exact) mass is 351 g/mol. The predicted octanol–water partition coefficient (Wildman–Crippen LogP) is 1.43. The molecule has 1 rings (SSSR count). The molecule has 0 radical (unpaired) electrons. The first-order chi connectivity index (χ1) is 8.97. The summed E-state index contributed by atoms with van der Waals surface area (Å²) < 4.78 is 32.5. The quantitative estimate of drug-likeness (QED) is 0.694. The molecule has 0 spiro atoms. The van der Waals surface area contributed by atoms with E-state index in [1.165, 1.54) is 0 Å². The first kappa shape index (κ1) is 16.6. The van der Waals surface area contributed by atoms with Crippen LogP contribution in [0.3, 0.4) is 0 Å². The Morgan fingerprint density at radius 2 is 2.11 bits per heavy atom. The van der Waals surface area contributed by atoms with Gasteiger partial charge in [-0.1, -0.05) is 22.0 Å². The van der Waals surface area contributed by atoms with Crippen molar-refractivity contribution in [2.45, 2.75) is 18.2 Å². The number of aryl methyl sites for hydroxylation is 1. The Balaban J connectivity index is 2.54. The second kappa shape index (κ2) is 7.96. The summed E-state index contributed by atoms with van der Waals surface area (Å²) in [4.78, 5) is 0.276. The molecule has 0 saturated carbocycles. The molecule has 0 saturated heterocycles. The molecule has 0 atom stereocenters. The number of halogens is 1. The standard InChI is InChI=1S/C12H18BrNO4S/c1-10-3-4-11(13)9-12(10)19(16,17)14-5-2-7-18-8-6-15/h3-4,9,14-15H,2,5-8H2,1H3. The molecule has 7 heteroatoms. The lowest BCUT2D eigenvalue weighted by Gasteiger charge is -2.09. The SMILES string of the molecule is Cc1ccc(Br)cc1S(=O)(=O)NCCCOCCO. The fourth-order valence-corrected chi connectivity index (χ4v) is 3.34. The molecule has 1 aromatic carbocycles. The summed E-state index contributed by atoms with van der Waals surface area (Å²) in [6, 6.07) is 5.14. The molecular formula is C12H18BrNO4S. The second-order valence-electron chi connectivity index (χ2n) is 4.00. The summed E-state index contributed by atoms with van der Waals surface area (Å²) >= 11 is 3.26. The van der Waals surface area contributed by atoms with Crippen molar-refractivity contribution in [2.75, 3.05) is 26.4 Å². The van der Waals surface area contributed by atoms with E-state index >= 15 is 0 Å². The van der Waals surface area contributed by atoms with E-state index in [0.717, 1.165) is 4.47 Å². The molecule has 19 heavy (non-hydrogen) atoms. The summed E-state index contributed by atoms with van der Waals surface area (Å²) in [5.74, 6) is 0. The van der Waals surface area contributed by atoms with Gasteiger partial charge in [-0.15, -0.1) is 0 Å². The highest BCUT2D eigenvalue weighted by atomic mass is 79.9. The zero-order chi connectivity index (χ0) is 14.3. The number of hydrogen-bond donors (Lipinski definition) is 2. The minimum atomic E-state index is -3.49. The van der Waals surface area contributed by atoms with Crippen LogP contribution in [0.25, 0.3) is 0 Å². The Kier molecular flexibility index (Phi) is 6.95. The normalized spacial score (nSPS) is 11.7. The van der Waals surface area contributed by atoms with Crippen LogP contribution >= 0.6 is 15.9 Å². The van der Waals surface area contributed by atoms with E-state index in [2.05, 4.69) is 20.7 Å². The molecule has 0 bridgehead atoms. The van der Waals surface area contributed by atoms with Crippen molar-refractivity contribution in [1.29, 1.82) is 0 Å². The Hall–Kier alpha value is -0.470. The molecule has 0 amide bonds. The van der Waals surface area contributed by atoms with E-state index < -0.39 is 10.0 Å². The van der Waals surface area contributed by atoms with Crippen molar-refractivity contribution in [3.8, 4) is 0 Å². The predicted molar refractivity (Wildman–Crippen MR) is 76.6 cm³/mol. The summed E-state index contributed by atoms with van der Waals surface area (Å²) in [7, 11) is -3.49. The number of ether oxygens (including phenoxy) is 1. The summed E-state index contributed by atoms with van der Waals surface area (Å²) in [6.07, 6.45) is 0.562. The van der Waals surface area contributed by atoms with Gasteiger partial charge in [0, 0.05) is 17.6 Å². The fraction of sp³-hybridized carbons (Fsp3) is 0.500. The number of aliphatic hydroxyl groups is 1. The summed E-state index contributed by atoms with van der Waals surface area (Å²) in [6.45, 7) is 2.73. The maximum absolute atomic E-state index is 12.1. The highest BCUT2D eigenvalue weighted by Gasteiger charge is 2.16. The number of hydrogen-bond acceptors (Lipinski definition) is 4. The summed E-state index contributed by atoms with van der Waals surface area (Å²) in [5, 5.41) is 8.52. The second-order valence-corrected chi connectivity index (χ2v) is 6.65. The molecule has 108 valence electrons. The van der Waals surface area contributed by atoms with Gasteiger partial charge in [-0.25, -0.2) is 13.1 Å². The lowest BCUT2D eigenvalue weighted by atomic mass is 10.2. The molecule has 5 nitrogen and oxygen atoms in total. The molecule has 0 aromatic heterocycles. The maximum Gasteiger partial charge on any atom is 0.240 e. The topological polar surface area (TPSA) is 75.6 Å². The van der Waals surface area contributed by atoms with Crippen molar-refractivity contribution in [2.24, 2.45) is 0 Å². The summed E-state index contributed by atoms with van der Waals surface area (Å²) in [5.41, 5.74) is 0.701. The number of benzene rings is 1. The van der Waals surface area contributed by atoms with Crippen LogP contribution in [0.1, 0.15) is 12.0 Å². The van der Waals surface area contributed by atoms with Crippen LogP contribution in [-0.4, -0.2) is 39.9 Å². The minimum absolute atomic E-state index is 0.0248. The smallest absolute Gasteiger partial charge is 0.240 e. The third-order valence-electron chi connectivity index (χ3n) is 2.43. The van der Waals surface area contributed by atoms with Crippen LogP contribution in [0.2, 0.25) is 0 Å². The highest BCUT2D eigenvalue weighted by molar-refractivity contribution is 9.10. The van der Waals surface area contributed by atoms with Gasteiger partial charge in [0.1, 0.15) is 0 Å². The number of nitrogens with one attached hydrogen (secondary N) is 1. The average molecular weight is 352 g/mol. The van der Waals surface area contributed by atoms with Crippen molar-refractivity contribution >= 4 is 26.0 Å². The molecule has 1 aromatic rings. The van der Waals surface area contributed by atoms with Crippen LogP contribution in [-0.2, 0) is 14.8 Å². The van der Waals surface area contributed by atoms with Crippen molar-refractivity contribution in [1.82, 2.24) is 4.72 Å². The number of rotatable bonds is 8. The van der Waals surface area contributed by atoms with Crippen molar-refractivity contribution in [3.63, 3.8) is 0 Å². The lowest BCUT2D eigenvalue weighted by Crippen LogP contribution is -2.26. The zero-order valence-corrected chi connectivity index (χ0v) is 13.1. The van der Waals surface area contributed by atoms with E-state index in [1.54, 1.807) is 25.1 Å². The molecule has 0 aliphatic carbocycles. The Labute approximate surface area is 122 Å². The van der Waals surface area contributed by atoms with Crippen LogP contribution in [0.15, 0.2) is 27.6 Å². The van der Waals surface area contributed by atoms with Crippen LogP contribution in [0, 0.1) is 6.92 Å². The van der Waals surface area contributed by atoms with E-state index in [4.69, 9.17) is 9.84 Å². The van der Waals surface area contributed by atoms with Crippen LogP contribution < -0.4 is 4.72 Å². The van der Waals surface area contributed by atoms with Crippen LogP contribution in [0.5, 0.6) is 0 Å². The first-order valence-electron chi connectivity index (χ1n) is 5.92. The van der Waals surface area contributed by atoms with E-state index in [0.29, 0.717) is 25.1 Å². The molecule has 0 heterocycles. The van der Waals surface area contributed by atoms with Crippen LogP contribution in [0.4, 0.5) is 0 Å². The Morgan fingerprint density at radius 3 is 2.79 bits per heavy atom. The molecule has 0 unspecified atom stereocenters. The first-order valence-corrected chi connectivity index (χ1v) is 8.19. The largest absolute Gasteiger partial charge is 0.394 e. The van der Waals surface area contributed by atoms with Gasteiger partial charge in [0.05, 0.1) is 18.1 Å². The zero-order valence-electron chi connectivity index (χ0n) is 10.7. The molecule has 0 aliphatic rings. The van der Waals surface area contributed by atoms with Gasteiger partial charge in [-0.3, -0.25) is 0 Å². The van der Waals surface area contributed by atoms with E-state index in [-0.39, 0.29) is 18.1 Å². The molecule has 0 aliphatic heterocycles. The lowest BCUT2D eigenvalue weighted by molar-refractivity contribution is 0.0913. The van der Waals surface area contributed by atoms with E-state index in [9.17, 15) is 8.42 Å².